The molecule has 0 aliphatic rings. The standard InChI is InChI=1S/C11H16N4S/c1-8(2)9-7-16-11(15-9)6-12-5-10-13-3-4-14-10/h3-4,7-8,12H,5-6H2,1-2H3,(H,13,14). The molecule has 0 fully saturated rings. The molecule has 0 spiro atoms. The lowest BCUT2D eigenvalue weighted by Gasteiger charge is -2.00. The predicted octanol–water partition coefficient (Wildman–Crippen LogP) is 2.28. The fourth-order valence-corrected chi connectivity index (χ4v) is 2.28. The molecule has 0 unspecified atom stereocenters. The van der Waals surface area contributed by atoms with Crippen LogP contribution in [-0.2, 0) is 13.1 Å². The van der Waals surface area contributed by atoms with Crippen LogP contribution in [0.3, 0.4) is 0 Å². The van der Waals surface area contributed by atoms with Gasteiger partial charge in [0.2, 0.25) is 0 Å². The molecule has 2 aromatic heterocycles. The van der Waals surface area contributed by atoms with Crippen LogP contribution in [-0.4, -0.2) is 15.0 Å². The molecular weight excluding hydrogens is 220 g/mol. The van der Waals surface area contributed by atoms with Crippen molar-refractivity contribution in [1.82, 2.24) is 20.3 Å². The summed E-state index contributed by atoms with van der Waals surface area (Å²) in [4.78, 5) is 11.8. The van der Waals surface area contributed by atoms with Crippen LogP contribution < -0.4 is 5.32 Å². The molecule has 0 saturated carbocycles. The van der Waals surface area contributed by atoms with Gasteiger partial charge in [0.1, 0.15) is 10.8 Å². The Labute approximate surface area is 99.2 Å². The largest absolute Gasteiger partial charge is 0.348 e. The number of rotatable bonds is 5. The van der Waals surface area contributed by atoms with Gasteiger partial charge in [-0.15, -0.1) is 11.3 Å². The van der Waals surface area contributed by atoms with Gasteiger partial charge in [0, 0.05) is 24.3 Å². The third-order valence-electron chi connectivity index (χ3n) is 2.28. The molecule has 2 N–H and O–H groups in total. The zero-order valence-corrected chi connectivity index (χ0v) is 10.3. The highest BCUT2D eigenvalue weighted by Gasteiger charge is 2.05. The van der Waals surface area contributed by atoms with Gasteiger partial charge in [-0.1, -0.05) is 13.8 Å². The van der Waals surface area contributed by atoms with Gasteiger partial charge >= 0.3 is 0 Å². The molecule has 2 aromatic rings. The molecule has 86 valence electrons. The van der Waals surface area contributed by atoms with Crippen LogP contribution in [0.1, 0.15) is 36.3 Å². The molecule has 4 nitrogen and oxygen atoms in total. The molecule has 0 aliphatic carbocycles. The normalized spacial score (nSPS) is 11.2. The quantitative estimate of drug-likeness (QED) is 0.837. The van der Waals surface area contributed by atoms with Crippen LogP contribution in [0.2, 0.25) is 0 Å². The maximum atomic E-state index is 4.55. The van der Waals surface area contributed by atoms with Crippen molar-refractivity contribution in [2.75, 3.05) is 0 Å². The first-order chi connectivity index (χ1) is 7.75. The second-order valence-electron chi connectivity index (χ2n) is 3.96. The lowest BCUT2D eigenvalue weighted by molar-refractivity contribution is 0.662. The highest BCUT2D eigenvalue weighted by atomic mass is 32.1. The van der Waals surface area contributed by atoms with Crippen molar-refractivity contribution in [2.24, 2.45) is 0 Å². The van der Waals surface area contributed by atoms with E-state index in [-0.39, 0.29) is 0 Å². The van der Waals surface area contributed by atoms with Gasteiger partial charge in [0.25, 0.3) is 0 Å². The van der Waals surface area contributed by atoms with Crippen LogP contribution in [0.15, 0.2) is 17.8 Å². The Hall–Kier alpha value is -1.20. The van der Waals surface area contributed by atoms with Gasteiger partial charge < -0.3 is 10.3 Å². The van der Waals surface area contributed by atoms with Gasteiger partial charge in [-0.05, 0) is 5.92 Å². The van der Waals surface area contributed by atoms with Crippen LogP contribution in [0.4, 0.5) is 0 Å². The van der Waals surface area contributed by atoms with E-state index in [1.165, 1.54) is 5.69 Å². The molecule has 16 heavy (non-hydrogen) atoms. The number of H-pyrrole nitrogens is 1. The highest BCUT2D eigenvalue weighted by molar-refractivity contribution is 7.09. The summed E-state index contributed by atoms with van der Waals surface area (Å²) in [6.45, 7) is 5.88. The summed E-state index contributed by atoms with van der Waals surface area (Å²) in [5.41, 5.74) is 1.18. The SMILES string of the molecule is CC(C)c1csc(CNCc2ncc[nH]2)n1. The first-order valence-electron chi connectivity index (χ1n) is 5.39. The number of aromatic amines is 1. The van der Waals surface area contributed by atoms with E-state index in [1.807, 2.05) is 6.20 Å². The number of hydrogen-bond donors (Lipinski definition) is 2. The van der Waals surface area contributed by atoms with Gasteiger partial charge in [0.15, 0.2) is 0 Å². The third kappa shape index (κ3) is 2.90. The Kier molecular flexibility index (Phi) is 3.69. The van der Waals surface area contributed by atoms with Gasteiger partial charge in [-0.3, -0.25) is 0 Å². The van der Waals surface area contributed by atoms with E-state index in [0.29, 0.717) is 5.92 Å². The zero-order chi connectivity index (χ0) is 11.4. The summed E-state index contributed by atoms with van der Waals surface area (Å²) >= 11 is 1.71. The summed E-state index contributed by atoms with van der Waals surface area (Å²) in [6, 6.07) is 0. The number of thiazole rings is 1. The smallest absolute Gasteiger partial charge is 0.120 e. The van der Waals surface area contributed by atoms with E-state index < -0.39 is 0 Å². The number of imidazole rings is 1. The summed E-state index contributed by atoms with van der Waals surface area (Å²) in [5, 5.41) is 6.58. The second kappa shape index (κ2) is 5.23. The monoisotopic (exact) mass is 236 g/mol. The molecule has 0 bridgehead atoms. The van der Waals surface area contributed by atoms with Crippen LogP contribution in [0.5, 0.6) is 0 Å². The average Bonchev–Trinajstić information content (AvgIpc) is 2.87. The van der Waals surface area contributed by atoms with E-state index in [1.54, 1.807) is 17.5 Å². The number of nitrogens with zero attached hydrogens (tertiary/aromatic N) is 2. The lowest BCUT2D eigenvalue weighted by atomic mass is 10.2. The molecule has 0 amide bonds. The average molecular weight is 236 g/mol. The van der Waals surface area contributed by atoms with E-state index in [2.05, 4.69) is 39.5 Å². The molecule has 2 heterocycles. The molecular formula is C11H16N4S. The lowest BCUT2D eigenvalue weighted by Crippen LogP contribution is -2.13. The summed E-state index contributed by atoms with van der Waals surface area (Å²) < 4.78 is 0. The topological polar surface area (TPSA) is 53.6 Å². The van der Waals surface area contributed by atoms with Crippen molar-refractivity contribution in [3.8, 4) is 0 Å². The molecule has 2 rings (SSSR count). The number of aromatic nitrogens is 3. The van der Waals surface area contributed by atoms with Crippen molar-refractivity contribution in [3.05, 3.63) is 34.3 Å². The zero-order valence-electron chi connectivity index (χ0n) is 9.53. The van der Waals surface area contributed by atoms with Gasteiger partial charge in [-0.25, -0.2) is 9.97 Å². The fraction of sp³-hybridized carbons (Fsp3) is 0.455. The van der Waals surface area contributed by atoms with Crippen molar-refractivity contribution in [1.29, 1.82) is 0 Å². The van der Waals surface area contributed by atoms with E-state index in [4.69, 9.17) is 0 Å². The number of nitrogens with one attached hydrogen (secondary N) is 2. The summed E-state index contributed by atoms with van der Waals surface area (Å²) in [6.07, 6.45) is 3.59. The van der Waals surface area contributed by atoms with Gasteiger partial charge in [0.05, 0.1) is 12.2 Å². The van der Waals surface area contributed by atoms with Crippen LogP contribution in [0, 0.1) is 0 Å². The first kappa shape index (κ1) is 11.3. The molecule has 0 aliphatic heterocycles. The van der Waals surface area contributed by atoms with E-state index >= 15 is 0 Å². The maximum absolute atomic E-state index is 4.55. The first-order valence-corrected chi connectivity index (χ1v) is 6.27. The van der Waals surface area contributed by atoms with Crippen molar-refractivity contribution < 1.29 is 0 Å². The Morgan fingerprint density at radius 2 is 2.31 bits per heavy atom. The molecule has 5 heteroatoms. The minimum absolute atomic E-state index is 0.509. The number of hydrogen-bond acceptors (Lipinski definition) is 4. The summed E-state index contributed by atoms with van der Waals surface area (Å²) in [7, 11) is 0. The molecule has 0 saturated heterocycles. The Morgan fingerprint density at radius 3 is 2.94 bits per heavy atom. The second-order valence-corrected chi connectivity index (χ2v) is 4.90. The highest BCUT2D eigenvalue weighted by Crippen LogP contribution is 2.17. The van der Waals surface area contributed by atoms with Crippen molar-refractivity contribution >= 4 is 11.3 Å². The van der Waals surface area contributed by atoms with Crippen LogP contribution in [0.25, 0.3) is 0 Å². The van der Waals surface area contributed by atoms with E-state index in [0.717, 1.165) is 23.9 Å². The van der Waals surface area contributed by atoms with E-state index in [9.17, 15) is 0 Å². The van der Waals surface area contributed by atoms with Gasteiger partial charge in [-0.2, -0.15) is 0 Å². The minimum Gasteiger partial charge on any atom is -0.348 e. The molecule has 0 aromatic carbocycles. The van der Waals surface area contributed by atoms with Crippen molar-refractivity contribution in [3.63, 3.8) is 0 Å². The fourth-order valence-electron chi connectivity index (χ4n) is 1.35. The van der Waals surface area contributed by atoms with Crippen molar-refractivity contribution in [2.45, 2.75) is 32.9 Å². The summed E-state index contributed by atoms with van der Waals surface area (Å²) in [5.74, 6) is 1.47. The Morgan fingerprint density at radius 1 is 1.44 bits per heavy atom. The predicted molar refractivity (Wildman–Crippen MR) is 65.3 cm³/mol. The van der Waals surface area contributed by atoms with Crippen LogP contribution >= 0.6 is 11.3 Å². The molecule has 0 atom stereocenters. The maximum Gasteiger partial charge on any atom is 0.120 e. The Bertz CT molecular complexity index is 419. The minimum atomic E-state index is 0.509. The third-order valence-corrected chi connectivity index (χ3v) is 3.15. The molecule has 0 radical (unpaired) electrons. The Balaban J connectivity index is 1.81.